The Morgan fingerprint density at radius 1 is 1.50 bits per heavy atom. The first-order valence-electron chi connectivity index (χ1n) is 6.83. The van der Waals surface area contributed by atoms with Crippen molar-refractivity contribution in [3.63, 3.8) is 0 Å². The number of carbonyl (C=O) groups excluding carboxylic acids is 1. The van der Waals surface area contributed by atoms with Crippen LogP contribution in [0.3, 0.4) is 0 Å². The first-order valence-corrected chi connectivity index (χ1v) is 7.95. The molecule has 1 aromatic carbocycles. The summed E-state index contributed by atoms with van der Waals surface area (Å²) in [7, 11) is 1.42. The van der Waals surface area contributed by atoms with Gasteiger partial charge in [0.25, 0.3) is 0 Å². The fourth-order valence-corrected chi connectivity index (χ4v) is 2.67. The number of rotatable bonds is 7. The molecule has 2 unspecified atom stereocenters. The molecular weight excluding hydrogens is 320 g/mol. The van der Waals surface area contributed by atoms with Crippen LogP contribution in [0.1, 0.15) is 37.3 Å². The van der Waals surface area contributed by atoms with Crippen molar-refractivity contribution < 1.29 is 14.6 Å². The Balaban J connectivity index is 2.90. The molecule has 1 N–H and O–H groups in total. The van der Waals surface area contributed by atoms with E-state index in [0.29, 0.717) is 18.2 Å². The second-order valence-electron chi connectivity index (χ2n) is 5.39. The maximum atomic E-state index is 12.2. The number of carbonyl (C=O) groups is 1. The van der Waals surface area contributed by atoms with E-state index in [1.807, 2.05) is 38.1 Å². The number of alkyl halides is 1. The summed E-state index contributed by atoms with van der Waals surface area (Å²) in [5.74, 6) is -0.226. The highest BCUT2D eigenvalue weighted by Gasteiger charge is 2.35. The quantitative estimate of drug-likeness (QED) is 0.610. The molecule has 1 rings (SSSR count). The second-order valence-corrected chi connectivity index (χ2v) is 6.04. The maximum absolute atomic E-state index is 12.2. The third-order valence-electron chi connectivity index (χ3n) is 3.68. The monoisotopic (exact) mass is 342 g/mol. The molecule has 2 atom stereocenters. The van der Waals surface area contributed by atoms with Crippen molar-refractivity contribution in [2.24, 2.45) is 0 Å². The molecule has 0 aliphatic rings. The van der Waals surface area contributed by atoms with Gasteiger partial charge in [0.15, 0.2) is 0 Å². The normalized spacial score (nSPS) is 15.4. The van der Waals surface area contributed by atoms with Crippen molar-refractivity contribution in [2.45, 2.75) is 44.6 Å². The molecule has 1 aromatic rings. The zero-order valence-corrected chi connectivity index (χ0v) is 13.9. The number of hydrogen-bond acceptors (Lipinski definition) is 3. The van der Waals surface area contributed by atoms with E-state index < -0.39 is 5.41 Å². The van der Waals surface area contributed by atoms with Crippen molar-refractivity contribution in [1.29, 1.82) is 0 Å². The first-order chi connectivity index (χ1) is 9.43. The largest absolute Gasteiger partial charge is 0.468 e. The van der Waals surface area contributed by atoms with Crippen LogP contribution in [0.2, 0.25) is 0 Å². The van der Waals surface area contributed by atoms with Crippen LogP contribution in [0.15, 0.2) is 24.3 Å². The lowest BCUT2D eigenvalue weighted by atomic mass is 9.77. The molecule has 0 fully saturated rings. The Hall–Kier alpha value is -0.870. The fraction of sp³-hybridized carbons (Fsp3) is 0.562. The zero-order chi connectivity index (χ0) is 15.2. The number of hydrogen-bond donors (Lipinski definition) is 1. The molecule has 0 spiro atoms. The van der Waals surface area contributed by atoms with Crippen LogP contribution in [-0.2, 0) is 14.9 Å². The van der Waals surface area contributed by atoms with E-state index in [0.717, 1.165) is 17.5 Å². The van der Waals surface area contributed by atoms with Crippen LogP contribution in [0, 0.1) is 6.92 Å². The van der Waals surface area contributed by atoms with Gasteiger partial charge in [0, 0.05) is 5.33 Å². The van der Waals surface area contributed by atoms with Gasteiger partial charge in [-0.25, -0.2) is 0 Å². The summed E-state index contributed by atoms with van der Waals surface area (Å²) >= 11 is 3.25. The molecule has 0 bridgehead atoms. The Labute approximate surface area is 129 Å². The van der Waals surface area contributed by atoms with Gasteiger partial charge < -0.3 is 9.84 Å². The zero-order valence-electron chi connectivity index (χ0n) is 12.4. The van der Waals surface area contributed by atoms with Gasteiger partial charge in [-0.3, -0.25) is 4.79 Å². The predicted octanol–water partition coefficient (Wildman–Crippen LogP) is 3.35. The van der Waals surface area contributed by atoms with Gasteiger partial charge in [0.1, 0.15) is 0 Å². The minimum absolute atomic E-state index is 0.226. The standard InChI is InChI=1S/C16H23BrO3/c1-12-6-4-7-13(10-12)16(2,15(19)20-3)9-5-8-14(18)11-17/h4,6-7,10,14,18H,5,8-9,11H2,1-3H3. The van der Waals surface area contributed by atoms with E-state index in [2.05, 4.69) is 15.9 Å². The number of esters is 1. The predicted molar refractivity (Wildman–Crippen MR) is 84.2 cm³/mol. The Kier molecular flexibility index (Phi) is 6.69. The smallest absolute Gasteiger partial charge is 0.315 e. The fourth-order valence-electron chi connectivity index (χ4n) is 2.35. The average Bonchev–Trinajstić information content (AvgIpc) is 2.45. The first kappa shape index (κ1) is 17.2. The molecular formula is C16H23BrO3. The van der Waals surface area contributed by atoms with Crippen molar-refractivity contribution >= 4 is 21.9 Å². The van der Waals surface area contributed by atoms with E-state index >= 15 is 0 Å². The van der Waals surface area contributed by atoms with Crippen LogP contribution in [0.4, 0.5) is 0 Å². The molecule has 0 aliphatic carbocycles. The second kappa shape index (κ2) is 7.79. The lowest BCUT2D eigenvalue weighted by molar-refractivity contribution is -0.147. The molecule has 0 aliphatic heterocycles. The summed E-state index contributed by atoms with van der Waals surface area (Å²) in [5.41, 5.74) is 1.43. The highest BCUT2D eigenvalue weighted by atomic mass is 79.9. The summed E-state index contributed by atoms with van der Waals surface area (Å²) in [6.07, 6.45) is 1.73. The number of halogens is 1. The summed E-state index contributed by atoms with van der Waals surface area (Å²) in [4.78, 5) is 12.2. The molecule has 0 saturated heterocycles. The molecule has 3 nitrogen and oxygen atoms in total. The molecule has 0 aromatic heterocycles. The van der Waals surface area contributed by atoms with Gasteiger partial charge in [0.05, 0.1) is 18.6 Å². The molecule has 0 radical (unpaired) electrons. The lowest BCUT2D eigenvalue weighted by Gasteiger charge is -2.28. The van der Waals surface area contributed by atoms with Gasteiger partial charge >= 0.3 is 5.97 Å². The topological polar surface area (TPSA) is 46.5 Å². The van der Waals surface area contributed by atoms with Gasteiger partial charge in [-0.2, -0.15) is 0 Å². The van der Waals surface area contributed by atoms with Crippen LogP contribution >= 0.6 is 15.9 Å². The van der Waals surface area contributed by atoms with Crippen molar-refractivity contribution in [2.75, 3.05) is 12.4 Å². The number of aliphatic hydroxyl groups is 1. The molecule has 0 amide bonds. The molecule has 0 saturated carbocycles. The van der Waals surface area contributed by atoms with E-state index in [-0.39, 0.29) is 12.1 Å². The Morgan fingerprint density at radius 2 is 2.20 bits per heavy atom. The minimum atomic E-state index is -0.660. The van der Waals surface area contributed by atoms with Crippen molar-refractivity contribution in [3.8, 4) is 0 Å². The third kappa shape index (κ3) is 4.32. The highest BCUT2D eigenvalue weighted by molar-refractivity contribution is 9.09. The molecule has 20 heavy (non-hydrogen) atoms. The van der Waals surface area contributed by atoms with Crippen LogP contribution in [0.25, 0.3) is 0 Å². The summed E-state index contributed by atoms with van der Waals surface area (Å²) in [6, 6.07) is 7.96. The number of aliphatic hydroxyl groups excluding tert-OH is 1. The summed E-state index contributed by atoms with van der Waals surface area (Å²) in [5, 5.41) is 10.2. The van der Waals surface area contributed by atoms with Gasteiger partial charge in [-0.1, -0.05) is 45.8 Å². The van der Waals surface area contributed by atoms with E-state index in [4.69, 9.17) is 4.74 Å². The number of aryl methyl sites for hydroxylation is 1. The van der Waals surface area contributed by atoms with Crippen LogP contribution in [-0.4, -0.2) is 29.6 Å². The number of benzene rings is 1. The van der Waals surface area contributed by atoms with Gasteiger partial charge in [0.2, 0.25) is 0 Å². The molecule has 112 valence electrons. The minimum Gasteiger partial charge on any atom is -0.468 e. The third-order valence-corrected chi connectivity index (χ3v) is 4.43. The van der Waals surface area contributed by atoms with Gasteiger partial charge in [-0.05, 0) is 38.7 Å². The van der Waals surface area contributed by atoms with E-state index in [9.17, 15) is 9.90 Å². The highest BCUT2D eigenvalue weighted by Crippen LogP contribution is 2.32. The lowest BCUT2D eigenvalue weighted by Crippen LogP contribution is -2.34. The van der Waals surface area contributed by atoms with Gasteiger partial charge in [-0.15, -0.1) is 0 Å². The average molecular weight is 343 g/mol. The SMILES string of the molecule is COC(=O)C(C)(CCCC(O)CBr)c1cccc(C)c1. The maximum Gasteiger partial charge on any atom is 0.315 e. The van der Waals surface area contributed by atoms with Crippen molar-refractivity contribution in [1.82, 2.24) is 0 Å². The molecule has 0 heterocycles. The van der Waals surface area contributed by atoms with Crippen LogP contribution < -0.4 is 0 Å². The van der Waals surface area contributed by atoms with E-state index in [1.54, 1.807) is 0 Å². The summed E-state index contributed by atoms with van der Waals surface area (Å²) in [6.45, 7) is 3.92. The number of methoxy groups -OCH3 is 1. The van der Waals surface area contributed by atoms with Crippen molar-refractivity contribution in [3.05, 3.63) is 35.4 Å². The Bertz CT molecular complexity index is 447. The Morgan fingerprint density at radius 3 is 2.75 bits per heavy atom. The molecule has 4 heteroatoms. The number of ether oxygens (including phenoxy) is 1. The van der Waals surface area contributed by atoms with E-state index in [1.165, 1.54) is 7.11 Å². The summed E-state index contributed by atoms with van der Waals surface area (Å²) < 4.78 is 4.98. The van der Waals surface area contributed by atoms with Crippen LogP contribution in [0.5, 0.6) is 0 Å².